The summed E-state index contributed by atoms with van der Waals surface area (Å²) in [7, 11) is 1.65. The van der Waals surface area contributed by atoms with Gasteiger partial charge in [0.05, 0.1) is 0 Å². The lowest BCUT2D eigenvalue weighted by Crippen LogP contribution is -2.36. The zero-order chi connectivity index (χ0) is 14.4. The maximum absolute atomic E-state index is 12.0. The molecule has 5 nitrogen and oxygen atoms in total. The largest absolute Gasteiger partial charge is 0.472 e. The highest BCUT2D eigenvalue weighted by Gasteiger charge is 2.12. The zero-order valence-corrected chi connectivity index (χ0v) is 11.1. The Balaban J connectivity index is 2.64. The number of hydrogen-bond acceptors (Lipinski definition) is 3. The summed E-state index contributed by atoms with van der Waals surface area (Å²) < 4.78 is 28.8. The number of hydrogen-bond donors (Lipinski definition) is 1. The van der Waals surface area contributed by atoms with Gasteiger partial charge in [-0.05, 0) is 19.9 Å². The van der Waals surface area contributed by atoms with Crippen LogP contribution in [0.15, 0.2) is 18.2 Å². The van der Waals surface area contributed by atoms with Gasteiger partial charge in [-0.1, -0.05) is 6.07 Å². The van der Waals surface area contributed by atoms with Gasteiger partial charge < -0.3 is 9.64 Å². The summed E-state index contributed by atoms with van der Waals surface area (Å²) in [5, 5.41) is 2.56. The van der Waals surface area contributed by atoms with Gasteiger partial charge in [-0.15, -0.1) is 0 Å². The third-order valence-corrected chi connectivity index (χ3v) is 2.41. The number of alkyl halides is 2. The lowest BCUT2D eigenvalue weighted by Gasteiger charge is -2.21. The van der Waals surface area contributed by atoms with Gasteiger partial charge in [0.1, 0.15) is 5.82 Å². The Bertz CT molecular complexity index is 427. The molecule has 0 radical (unpaired) electrons. The second-order valence-corrected chi connectivity index (χ2v) is 4.20. The summed E-state index contributed by atoms with van der Waals surface area (Å²) in [6, 6.07) is 4.29. The second kappa shape index (κ2) is 6.86. The van der Waals surface area contributed by atoms with Crippen LogP contribution in [0.5, 0.6) is 5.88 Å². The number of carbonyl (C=O) groups excluding carboxylic acids is 1. The molecule has 0 aliphatic rings. The molecule has 0 saturated carbocycles. The van der Waals surface area contributed by atoms with Gasteiger partial charge in [0.25, 0.3) is 6.43 Å². The first-order chi connectivity index (χ1) is 8.90. The van der Waals surface area contributed by atoms with Gasteiger partial charge >= 0.3 is 6.03 Å². The van der Waals surface area contributed by atoms with E-state index in [0.717, 1.165) is 0 Å². The molecule has 0 bridgehead atoms. The molecule has 1 N–H and O–H groups in total. The number of ether oxygens (including phenoxy) is 1. The van der Waals surface area contributed by atoms with E-state index in [0.29, 0.717) is 0 Å². The maximum Gasteiger partial charge on any atom is 0.322 e. The van der Waals surface area contributed by atoms with Crippen LogP contribution in [0.1, 0.15) is 13.8 Å². The van der Waals surface area contributed by atoms with Crippen molar-refractivity contribution < 1.29 is 18.3 Å². The predicted octanol–water partition coefficient (Wildman–Crippen LogP) is 2.60. The molecule has 0 unspecified atom stereocenters. The van der Waals surface area contributed by atoms with Crippen LogP contribution >= 0.6 is 0 Å². The van der Waals surface area contributed by atoms with Crippen molar-refractivity contribution in [1.29, 1.82) is 0 Å². The van der Waals surface area contributed by atoms with Gasteiger partial charge in [-0.25, -0.2) is 13.6 Å². The van der Waals surface area contributed by atoms with Crippen LogP contribution < -0.4 is 10.1 Å². The molecule has 0 aromatic carbocycles. The van der Waals surface area contributed by atoms with Crippen molar-refractivity contribution in [1.82, 2.24) is 9.88 Å². The van der Waals surface area contributed by atoms with Crippen LogP contribution in [0.4, 0.5) is 19.4 Å². The van der Waals surface area contributed by atoms with Crippen LogP contribution in [-0.2, 0) is 0 Å². The van der Waals surface area contributed by atoms with E-state index in [1.807, 2.05) is 13.8 Å². The van der Waals surface area contributed by atoms with Crippen molar-refractivity contribution in [2.75, 3.05) is 19.0 Å². The van der Waals surface area contributed by atoms with Gasteiger partial charge in [-0.3, -0.25) is 5.32 Å². The van der Waals surface area contributed by atoms with E-state index >= 15 is 0 Å². The smallest absolute Gasteiger partial charge is 0.322 e. The lowest BCUT2D eigenvalue weighted by atomic mass is 10.3. The molecule has 0 spiro atoms. The minimum absolute atomic E-state index is 0.0401. The predicted molar refractivity (Wildman–Crippen MR) is 67.7 cm³/mol. The summed E-state index contributed by atoms with van der Waals surface area (Å²) >= 11 is 0. The SMILES string of the molecule is CC(C)N(C)C(=O)Nc1cccc(OCC(F)F)n1. The first-order valence-electron chi connectivity index (χ1n) is 5.82. The Labute approximate surface area is 110 Å². The number of halogens is 2. The fourth-order valence-corrected chi connectivity index (χ4v) is 1.15. The Hall–Kier alpha value is -1.92. The van der Waals surface area contributed by atoms with E-state index in [9.17, 15) is 13.6 Å². The van der Waals surface area contributed by atoms with Crippen molar-refractivity contribution in [3.63, 3.8) is 0 Å². The highest BCUT2D eigenvalue weighted by atomic mass is 19.3. The van der Waals surface area contributed by atoms with Crippen LogP contribution in [0.3, 0.4) is 0 Å². The average Bonchev–Trinajstić information content (AvgIpc) is 2.35. The van der Waals surface area contributed by atoms with E-state index < -0.39 is 13.0 Å². The average molecular weight is 273 g/mol. The summed E-state index contributed by atoms with van der Waals surface area (Å²) in [4.78, 5) is 17.2. The molecule has 106 valence electrons. The minimum Gasteiger partial charge on any atom is -0.472 e. The number of rotatable bonds is 5. The zero-order valence-electron chi connectivity index (χ0n) is 11.1. The van der Waals surface area contributed by atoms with E-state index in [-0.39, 0.29) is 23.8 Å². The monoisotopic (exact) mass is 273 g/mol. The molecule has 1 heterocycles. The summed E-state index contributed by atoms with van der Waals surface area (Å²) in [5.41, 5.74) is 0. The van der Waals surface area contributed by atoms with Crippen molar-refractivity contribution in [2.24, 2.45) is 0 Å². The Morgan fingerprint density at radius 2 is 2.16 bits per heavy atom. The van der Waals surface area contributed by atoms with Crippen LogP contribution in [0.25, 0.3) is 0 Å². The van der Waals surface area contributed by atoms with Crippen molar-refractivity contribution >= 4 is 11.8 Å². The molecule has 19 heavy (non-hydrogen) atoms. The highest BCUT2D eigenvalue weighted by molar-refractivity contribution is 5.88. The molecule has 0 fully saturated rings. The molecule has 0 aliphatic carbocycles. The molecule has 1 aromatic rings. The van der Waals surface area contributed by atoms with E-state index in [1.165, 1.54) is 11.0 Å². The standard InChI is InChI=1S/C12H17F2N3O2/c1-8(2)17(3)12(18)16-10-5-4-6-11(15-10)19-7-9(13)14/h4-6,8-9H,7H2,1-3H3,(H,15,16,18). The quantitative estimate of drug-likeness (QED) is 0.897. The van der Waals surface area contributed by atoms with Crippen LogP contribution in [-0.4, -0.2) is 42.0 Å². The van der Waals surface area contributed by atoms with Gasteiger partial charge in [0.15, 0.2) is 6.61 Å². The summed E-state index contributed by atoms with van der Waals surface area (Å²) in [6.07, 6.45) is -2.56. The lowest BCUT2D eigenvalue weighted by molar-refractivity contribution is 0.0796. The topological polar surface area (TPSA) is 54.5 Å². The first-order valence-corrected chi connectivity index (χ1v) is 5.82. The number of urea groups is 1. The number of anilines is 1. The molecule has 0 atom stereocenters. The minimum atomic E-state index is -2.56. The number of aromatic nitrogens is 1. The van der Waals surface area contributed by atoms with Crippen molar-refractivity contribution in [3.8, 4) is 5.88 Å². The van der Waals surface area contributed by atoms with Crippen LogP contribution in [0, 0.1) is 0 Å². The van der Waals surface area contributed by atoms with Crippen LogP contribution in [0.2, 0.25) is 0 Å². The molecular formula is C12H17F2N3O2. The van der Waals surface area contributed by atoms with Gasteiger partial charge in [0.2, 0.25) is 5.88 Å². The number of amides is 2. The number of nitrogens with zero attached hydrogens (tertiary/aromatic N) is 2. The number of pyridine rings is 1. The summed E-state index contributed by atoms with van der Waals surface area (Å²) in [5.74, 6) is 0.301. The van der Waals surface area contributed by atoms with E-state index in [2.05, 4.69) is 10.3 Å². The maximum atomic E-state index is 12.0. The van der Waals surface area contributed by atoms with Crippen molar-refractivity contribution in [2.45, 2.75) is 26.3 Å². The second-order valence-electron chi connectivity index (χ2n) is 4.20. The number of nitrogens with one attached hydrogen (secondary N) is 1. The Kier molecular flexibility index (Phi) is 5.47. The molecule has 1 rings (SSSR count). The van der Waals surface area contributed by atoms with Crippen molar-refractivity contribution in [3.05, 3.63) is 18.2 Å². The fraction of sp³-hybridized carbons (Fsp3) is 0.500. The summed E-state index contributed by atoms with van der Waals surface area (Å²) in [6.45, 7) is 3.01. The third-order valence-electron chi connectivity index (χ3n) is 2.41. The van der Waals surface area contributed by atoms with E-state index in [1.54, 1.807) is 19.2 Å². The Morgan fingerprint density at radius 1 is 1.47 bits per heavy atom. The number of carbonyl (C=O) groups is 1. The van der Waals surface area contributed by atoms with Gasteiger partial charge in [0, 0.05) is 19.2 Å². The highest BCUT2D eigenvalue weighted by Crippen LogP contribution is 2.13. The molecular weight excluding hydrogens is 256 g/mol. The molecule has 2 amide bonds. The Morgan fingerprint density at radius 3 is 2.74 bits per heavy atom. The first kappa shape index (κ1) is 15.1. The third kappa shape index (κ3) is 5.07. The molecule has 7 heteroatoms. The molecule has 0 saturated heterocycles. The molecule has 1 aromatic heterocycles. The fourth-order valence-electron chi connectivity index (χ4n) is 1.15. The normalized spacial score (nSPS) is 10.7. The molecule has 0 aliphatic heterocycles. The van der Waals surface area contributed by atoms with E-state index in [4.69, 9.17) is 4.74 Å². The van der Waals surface area contributed by atoms with Gasteiger partial charge in [-0.2, -0.15) is 4.98 Å².